The van der Waals surface area contributed by atoms with Crippen molar-refractivity contribution < 1.29 is 14.4 Å². The Kier molecular flexibility index (Phi) is 5.86. The van der Waals surface area contributed by atoms with Gasteiger partial charge in [0.05, 0.1) is 10.7 Å². The predicted octanol–water partition coefficient (Wildman–Crippen LogP) is 5.22. The highest BCUT2D eigenvalue weighted by molar-refractivity contribution is 6.42. The number of fused-ring (bicyclic) bond motifs is 1. The van der Waals surface area contributed by atoms with Crippen LogP contribution in [0.1, 0.15) is 16.7 Å². The Hall–Kier alpha value is -3.61. The van der Waals surface area contributed by atoms with Gasteiger partial charge >= 0.3 is 6.03 Å². The van der Waals surface area contributed by atoms with Gasteiger partial charge in [-0.25, -0.2) is 9.69 Å². The summed E-state index contributed by atoms with van der Waals surface area (Å²) in [5.74, 6) is -1.46. The molecule has 3 aromatic rings. The number of benzene rings is 3. The van der Waals surface area contributed by atoms with Crippen LogP contribution < -0.4 is 15.1 Å². The summed E-state index contributed by atoms with van der Waals surface area (Å²) in [7, 11) is 0. The quantitative estimate of drug-likeness (QED) is 0.401. The second kappa shape index (κ2) is 8.97. The van der Waals surface area contributed by atoms with E-state index < -0.39 is 17.8 Å². The number of urea groups is 1. The number of nitrogens with one attached hydrogen (secondary N) is 1. The van der Waals surface area contributed by atoms with Crippen LogP contribution in [0, 0.1) is 0 Å². The number of nitrogens with zero attached hydrogens (tertiary/aromatic N) is 2. The van der Waals surface area contributed by atoms with Gasteiger partial charge in [-0.05, 0) is 59.5 Å². The van der Waals surface area contributed by atoms with Gasteiger partial charge in [-0.15, -0.1) is 0 Å². The van der Waals surface area contributed by atoms with Crippen molar-refractivity contribution in [3.63, 3.8) is 0 Å². The lowest BCUT2D eigenvalue weighted by atomic mass is 10.0. The first kappa shape index (κ1) is 22.2. The van der Waals surface area contributed by atoms with Crippen LogP contribution >= 0.6 is 23.2 Å². The molecule has 1 fully saturated rings. The highest BCUT2D eigenvalue weighted by atomic mass is 35.5. The van der Waals surface area contributed by atoms with Crippen molar-refractivity contribution in [1.82, 2.24) is 5.32 Å². The summed E-state index contributed by atoms with van der Waals surface area (Å²) in [6.07, 6.45) is 2.34. The molecule has 1 N–H and O–H groups in total. The summed E-state index contributed by atoms with van der Waals surface area (Å²) in [6, 6.07) is 19.2. The first-order chi connectivity index (χ1) is 16.4. The van der Waals surface area contributed by atoms with E-state index in [-0.39, 0.29) is 16.3 Å². The average Bonchev–Trinajstić information content (AvgIpc) is 3.21. The number of carbonyl (C=O) groups is 3. The first-order valence-electron chi connectivity index (χ1n) is 10.7. The van der Waals surface area contributed by atoms with Gasteiger partial charge < -0.3 is 4.90 Å². The molecule has 6 nitrogen and oxygen atoms in total. The number of hydrogen-bond acceptors (Lipinski definition) is 4. The molecule has 0 bridgehead atoms. The Morgan fingerprint density at radius 2 is 1.62 bits per heavy atom. The van der Waals surface area contributed by atoms with Gasteiger partial charge in [-0.2, -0.15) is 0 Å². The van der Waals surface area contributed by atoms with E-state index in [4.69, 9.17) is 23.2 Å². The molecular weight excluding hydrogens is 473 g/mol. The minimum atomic E-state index is -0.829. The van der Waals surface area contributed by atoms with Gasteiger partial charge in [0.25, 0.3) is 11.8 Å². The molecule has 0 aromatic heterocycles. The standard InChI is InChI=1S/C26H19Cl2N3O3/c27-20-6-2-1-5-18(20)15-30-12-11-17-13-16(9-10-22(17)30)14-19-24(32)29-26(34)31(25(19)33)23-8-4-3-7-21(23)28/h1-10,13-14H,11-12,15H2,(H,29,32,34)/b19-14+. The normalized spacial score (nSPS) is 16.8. The van der Waals surface area contributed by atoms with Gasteiger partial charge in [-0.3, -0.25) is 14.9 Å². The second-order valence-electron chi connectivity index (χ2n) is 8.06. The zero-order valence-corrected chi connectivity index (χ0v) is 19.4. The molecule has 0 radical (unpaired) electrons. The summed E-state index contributed by atoms with van der Waals surface area (Å²) in [5, 5.41) is 3.19. The van der Waals surface area contributed by atoms with Crippen LogP contribution in [0.5, 0.6) is 0 Å². The third-order valence-electron chi connectivity index (χ3n) is 5.92. The zero-order chi connectivity index (χ0) is 23.8. The topological polar surface area (TPSA) is 69.7 Å². The van der Waals surface area contributed by atoms with Gasteiger partial charge in [-0.1, -0.05) is 59.6 Å². The van der Waals surface area contributed by atoms with E-state index in [0.717, 1.165) is 39.7 Å². The molecule has 0 spiro atoms. The van der Waals surface area contributed by atoms with Crippen LogP contribution in [0.4, 0.5) is 16.2 Å². The Bertz CT molecular complexity index is 1370. The first-order valence-corrected chi connectivity index (χ1v) is 11.5. The molecule has 0 aliphatic carbocycles. The number of para-hydroxylation sites is 1. The summed E-state index contributed by atoms with van der Waals surface area (Å²) >= 11 is 12.5. The van der Waals surface area contributed by atoms with E-state index in [2.05, 4.69) is 10.2 Å². The summed E-state index contributed by atoms with van der Waals surface area (Å²) in [6.45, 7) is 1.54. The Morgan fingerprint density at radius 1 is 0.882 bits per heavy atom. The van der Waals surface area contributed by atoms with E-state index in [9.17, 15) is 14.4 Å². The summed E-state index contributed by atoms with van der Waals surface area (Å²) < 4.78 is 0. The molecule has 2 aliphatic rings. The van der Waals surface area contributed by atoms with Crippen LogP contribution in [0.2, 0.25) is 10.0 Å². The number of halogens is 2. The molecule has 0 atom stereocenters. The van der Waals surface area contributed by atoms with Crippen molar-refractivity contribution in [3.8, 4) is 0 Å². The Labute approximate surface area is 206 Å². The number of amides is 4. The van der Waals surface area contributed by atoms with E-state index in [1.165, 1.54) is 6.08 Å². The predicted molar refractivity (Wildman–Crippen MR) is 133 cm³/mol. The number of rotatable bonds is 4. The Morgan fingerprint density at radius 3 is 2.38 bits per heavy atom. The maximum Gasteiger partial charge on any atom is 0.335 e. The molecule has 170 valence electrons. The second-order valence-corrected chi connectivity index (χ2v) is 8.87. The number of imide groups is 2. The van der Waals surface area contributed by atoms with E-state index in [1.807, 2.05) is 42.5 Å². The maximum atomic E-state index is 13.1. The molecule has 8 heteroatoms. The van der Waals surface area contributed by atoms with Gasteiger partial charge in [0.1, 0.15) is 5.57 Å². The molecule has 1 saturated heterocycles. The number of hydrogen-bond donors (Lipinski definition) is 1. The highest BCUT2D eigenvalue weighted by Gasteiger charge is 2.37. The van der Waals surface area contributed by atoms with Gasteiger partial charge in [0.2, 0.25) is 0 Å². The third kappa shape index (κ3) is 4.06. The number of barbiturate groups is 1. The van der Waals surface area contributed by atoms with Crippen LogP contribution in [-0.2, 0) is 22.6 Å². The van der Waals surface area contributed by atoms with Crippen molar-refractivity contribution in [2.75, 3.05) is 16.3 Å². The molecule has 2 aliphatic heterocycles. The summed E-state index contributed by atoms with van der Waals surface area (Å²) in [4.78, 5) is 41.2. The lowest BCUT2D eigenvalue weighted by Crippen LogP contribution is -2.54. The van der Waals surface area contributed by atoms with Gasteiger partial charge in [0.15, 0.2) is 0 Å². The lowest BCUT2D eigenvalue weighted by Gasteiger charge is -2.27. The number of carbonyl (C=O) groups excluding carboxylic acids is 3. The SMILES string of the molecule is O=C1NC(=O)N(c2ccccc2Cl)C(=O)/C1=C/c1ccc2c(c1)CCN2Cc1ccccc1Cl. The van der Waals surface area contributed by atoms with Crippen molar-refractivity contribution in [2.45, 2.75) is 13.0 Å². The largest absolute Gasteiger partial charge is 0.367 e. The maximum absolute atomic E-state index is 13.1. The Balaban J connectivity index is 1.43. The van der Waals surface area contributed by atoms with Crippen LogP contribution in [0.25, 0.3) is 6.08 Å². The molecule has 0 unspecified atom stereocenters. The fourth-order valence-electron chi connectivity index (χ4n) is 4.25. The number of anilines is 2. The summed E-state index contributed by atoms with van der Waals surface area (Å²) in [5.41, 5.74) is 4.04. The third-order valence-corrected chi connectivity index (χ3v) is 6.61. The molecule has 3 aromatic carbocycles. The zero-order valence-electron chi connectivity index (χ0n) is 17.9. The fraction of sp³-hybridized carbons (Fsp3) is 0.115. The molecular formula is C26H19Cl2N3O3. The molecule has 5 rings (SSSR count). The van der Waals surface area contributed by atoms with Crippen molar-refractivity contribution in [3.05, 3.63) is 99.0 Å². The van der Waals surface area contributed by atoms with Crippen LogP contribution in [0.3, 0.4) is 0 Å². The highest BCUT2D eigenvalue weighted by Crippen LogP contribution is 2.33. The molecule has 34 heavy (non-hydrogen) atoms. The van der Waals surface area contributed by atoms with Crippen LogP contribution in [0.15, 0.2) is 72.3 Å². The fourth-order valence-corrected chi connectivity index (χ4v) is 4.67. The smallest absolute Gasteiger partial charge is 0.335 e. The van der Waals surface area contributed by atoms with Crippen molar-refractivity contribution >= 4 is 58.5 Å². The van der Waals surface area contributed by atoms with Gasteiger partial charge in [0, 0.05) is 23.8 Å². The minimum absolute atomic E-state index is 0.134. The molecule has 0 saturated carbocycles. The van der Waals surface area contributed by atoms with E-state index in [0.29, 0.717) is 12.1 Å². The average molecular weight is 492 g/mol. The van der Waals surface area contributed by atoms with Crippen molar-refractivity contribution in [1.29, 1.82) is 0 Å². The van der Waals surface area contributed by atoms with E-state index >= 15 is 0 Å². The monoisotopic (exact) mass is 491 g/mol. The molecule has 2 heterocycles. The van der Waals surface area contributed by atoms with E-state index in [1.54, 1.807) is 24.3 Å². The van der Waals surface area contributed by atoms with Crippen LogP contribution in [-0.4, -0.2) is 24.4 Å². The molecule has 4 amide bonds. The minimum Gasteiger partial charge on any atom is -0.367 e. The lowest BCUT2D eigenvalue weighted by molar-refractivity contribution is -0.122. The van der Waals surface area contributed by atoms with Crippen molar-refractivity contribution in [2.24, 2.45) is 0 Å².